The summed E-state index contributed by atoms with van der Waals surface area (Å²) in [6.07, 6.45) is 6.46. The Hall–Kier alpha value is -3.71. The molecule has 1 spiro atoms. The fourth-order valence-corrected chi connectivity index (χ4v) is 6.23. The van der Waals surface area contributed by atoms with Crippen molar-refractivity contribution >= 4 is 22.5 Å². The van der Waals surface area contributed by atoms with Gasteiger partial charge in [-0.05, 0) is 61.2 Å². The monoisotopic (exact) mass is 493 g/mol. The van der Waals surface area contributed by atoms with Gasteiger partial charge in [-0.25, -0.2) is 0 Å². The Balaban J connectivity index is 1.12. The summed E-state index contributed by atoms with van der Waals surface area (Å²) in [6, 6.07) is 20.2. The normalized spacial score (nSPS) is 19.5. The van der Waals surface area contributed by atoms with E-state index >= 15 is 0 Å². The van der Waals surface area contributed by atoms with Crippen LogP contribution in [-0.2, 0) is 4.74 Å². The highest BCUT2D eigenvalue weighted by atomic mass is 16.5. The van der Waals surface area contributed by atoms with Gasteiger partial charge in [-0.15, -0.1) is 0 Å². The number of H-pyrrole nitrogens is 1. The number of hydrogen-bond donors (Lipinski definition) is 2. The number of rotatable bonds is 6. The third-order valence-corrected chi connectivity index (χ3v) is 8.36. The minimum Gasteiger partial charge on any atom is -0.380 e. The Bertz CT molecular complexity index is 1410. The van der Waals surface area contributed by atoms with Gasteiger partial charge in [0.2, 0.25) is 0 Å². The number of hydrogen-bond acceptors (Lipinski definition) is 5. The van der Waals surface area contributed by atoms with Gasteiger partial charge in [0, 0.05) is 41.5 Å². The Morgan fingerprint density at radius 3 is 2.57 bits per heavy atom. The van der Waals surface area contributed by atoms with Crippen molar-refractivity contribution in [2.45, 2.75) is 31.7 Å². The van der Waals surface area contributed by atoms with Crippen LogP contribution in [-0.4, -0.2) is 47.4 Å². The van der Waals surface area contributed by atoms with Gasteiger partial charge in [-0.1, -0.05) is 31.0 Å². The first kappa shape index (κ1) is 22.5. The molecule has 2 N–H and O–H groups in total. The maximum absolute atomic E-state index is 13.5. The zero-order chi connectivity index (χ0) is 24.8. The quantitative estimate of drug-likeness (QED) is 0.389. The van der Waals surface area contributed by atoms with Gasteiger partial charge in [-0.3, -0.25) is 14.9 Å². The predicted molar refractivity (Wildman–Crippen MR) is 143 cm³/mol. The third-order valence-electron chi connectivity index (χ3n) is 8.36. The zero-order valence-corrected chi connectivity index (χ0v) is 20.8. The van der Waals surface area contributed by atoms with Crippen LogP contribution in [0.5, 0.6) is 0 Å². The van der Waals surface area contributed by atoms with E-state index in [0.717, 1.165) is 67.0 Å². The van der Waals surface area contributed by atoms with Crippen molar-refractivity contribution in [3.63, 3.8) is 0 Å². The van der Waals surface area contributed by atoms with Crippen molar-refractivity contribution in [1.82, 2.24) is 20.5 Å². The largest absolute Gasteiger partial charge is 0.380 e. The first-order chi connectivity index (χ1) is 18.2. The number of carbonyl (C=O) groups excluding carboxylic acids is 1. The van der Waals surface area contributed by atoms with E-state index in [1.54, 1.807) is 6.20 Å². The lowest BCUT2D eigenvalue weighted by Crippen LogP contribution is -2.66. The van der Waals surface area contributed by atoms with Crippen molar-refractivity contribution in [3.05, 3.63) is 78.1 Å². The number of benzene rings is 2. The van der Waals surface area contributed by atoms with Crippen LogP contribution in [0.2, 0.25) is 0 Å². The first-order valence-corrected chi connectivity index (χ1v) is 13.3. The van der Waals surface area contributed by atoms with Crippen LogP contribution in [0.25, 0.3) is 22.2 Å². The molecular formula is C30H31N5O2. The smallest absolute Gasteiger partial charge is 0.251 e. The summed E-state index contributed by atoms with van der Waals surface area (Å²) in [5.74, 6) is 0.349. The minimum atomic E-state index is -0.0737. The Morgan fingerprint density at radius 1 is 1.05 bits per heavy atom. The number of nitrogens with zero attached hydrogens (tertiary/aromatic N) is 3. The summed E-state index contributed by atoms with van der Waals surface area (Å²) in [7, 11) is 0. The molecule has 7 nitrogen and oxygen atoms in total. The number of fused-ring (bicyclic) bond motifs is 1. The average Bonchev–Trinajstić information content (AvgIpc) is 3.56. The van der Waals surface area contributed by atoms with Gasteiger partial charge < -0.3 is 15.0 Å². The molecule has 2 aliphatic heterocycles. The van der Waals surface area contributed by atoms with Crippen LogP contribution in [0.3, 0.4) is 0 Å². The second-order valence-electron chi connectivity index (χ2n) is 11.0. The van der Waals surface area contributed by atoms with Gasteiger partial charge in [0.25, 0.3) is 5.91 Å². The molecule has 1 saturated carbocycles. The van der Waals surface area contributed by atoms with Crippen molar-refractivity contribution in [1.29, 1.82) is 0 Å². The van der Waals surface area contributed by atoms with Crippen molar-refractivity contribution < 1.29 is 9.53 Å². The van der Waals surface area contributed by atoms with Crippen LogP contribution in [0.1, 0.15) is 47.8 Å². The number of amides is 1. The first-order valence-electron chi connectivity index (χ1n) is 13.3. The third kappa shape index (κ3) is 4.07. The molecule has 7 heteroatoms. The Kier molecular flexibility index (Phi) is 5.47. The summed E-state index contributed by atoms with van der Waals surface area (Å²) in [6.45, 7) is 3.91. The lowest BCUT2D eigenvalue weighted by molar-refractivity contribution is -0.127. The number of pyridine rings is 1. The number of nitrogens with one attached hydrogen (secondary N) is 2. The maximum atomic E-state index is 13.5. The van der Waals surface area contributed by atoms with Gasteiger partial charge in [0.15, 0.2) is 0 Å². The van der Waals surface area contributed by atoms with Gasteiger partial charge in [0.05, 0.1) is 41.6 Å². The van der Waals surface area contributed by atoms with Crippen molar-refractivity contribution in [2.75, 3.05) is 31.2 Å². The van der Waals surface area contributed by atoms with E-state index in [4.69, 9.17) is 4.74 Å². The van der Waals surface area contributed by atoms with Gasteiger partial charge >= 0.3 is 0 Å². The fraction of sp³-hybridized carbons (Fsp3) is 0.367. The molecule has 37 heavy (non-hydrogen) atoms. The predicted octanol–water partition coefficient (Wildman–Crippen LogP) is 5.12. The molecule has 7 rings (SSSR count). The molecule has 4 aromatic rings. The summed E-state index contributed by atoms with van der Waals surface area (Å²) < 4.78 is 5.40. The van der Waals surface area contributed by atoms with Crippen LogP contribution in [0.15, 0.2) is 66.9 Å². The molecular weight excluding hydrogens is 462 g/mol. The molecule has 1 aliphatic carbocycles. The van der Waals surface area contributed by atoms with Crippen LogP contribution >= 0.6 is 0 Å². The van der Waals surface area contributed by atoms with E-state index in [2.05, 4.69) is 49.7 Å². The number of anilines is 1. The molecule has 3 fully saturated rings. The van der Waals surface area contributed by atoms with Crippen LogP contribution < -0.4 is 10.2 Å². The summed E-state index contributed by atoms with van der Waals surface area (Å²) in [4.78, 5) is 20.4. The molecule has 4 heterocycles. The molecule has 2 saturated heterocycles. The number of aromatic amines is 1. The molecule has 2 aromatic heterocycles. The second-order valence-corrected chi connectivity index (χ2v) is 11.0. The van der Waals surface area contributed by atoms with Crippen LogP contribution in [0.4, 0.5) is 5.69 Å². The standard InChI is InChI=1S/C30H31N5O2/c36-29(32-28(20-5-1-2-6-20)26-7-3-4-14-31-26)22-10-13-25-24(15-22)27(34-33-25)21-8-11-23(12-9-21)35-16-30(17-35)18-37-19-30/h3-4,7-15,20,28H,1-2,5-6,16-19H2,(H,32,36)(H,33,34)/t28-/m0/s1. The SMILES string of the molecule is O=C(N[C@H](c1ccccn1)C1CCCC1)c1ccc2[nH]nc(-c3ccc(N4CC5(COC5)C4)cc3)c2c1. The van der Waals surface area contributed by atoms with E-state index in [1.807, 2.05) is 36.4 Å². The minimum absolute atomic E-state index is 0.0707. The Morgan fingerprint density at radius 2 is 1.86 bits per heavy atom. The highest BCUT2D eigenvalue weighted by Gasteiger charge is 2.49. The van der Waals surface area contributed by atoms with E-state index in [0.29, 0.717) is 16.9 Å². The number of ether oxygens (including phenoxy) is 1. The summed E-state index contributed by atoms with van der Waals surface area (Å²) in [5, 5.41) is 12.0. The molecule has 0 bridgehead atoms. The maximum Gasteiger partial charge on any atom is 0.251 e. The molecule has 3 aliphatic rings. The van der Waals surface area contributed by atoms with E-state index in [9.17, 15) is 4.79 Å². The van der Waals surface area contributed by atoms with Crippen molar-refractivity contribution in [2.24, 2.45) is 11.3 Å². The van der Waals surface area contributed by atoms with E-state index < -0.39 is 0 Å². The summed E-state index contributed by atoms with van der Waals surface area (Å²) >= 11 is 0. The topological polar surface area (TPSA) is 83.1 Å². The fourth-order valence-electron chi connectivity index (χ4n) is 6.23. The van der Waals surface area contributed by atoms with E-state index in [1.165, 1.54) is 18.5 Å². The molecule has 188 valence electrons. The summed E-state index contributed by atoms with van der Waals surface area (Å²) in [5.41, 5.74) is 6.01. The van der Waals surface area contributed by atoms with Gasteiger partial charge in [0.1, 0.15) is 0 Å². The average molecular weight is 494 g/mol. The van der Waals surface area contributed by atoms with Crippen molar-refractivity contribution in [3.8, 4) is 11.3 Å². The highest BCUT2D eigenvalue weighted by Crippen LogP contribution is 2.41. The Labute approximate surface area is 216 Å². The highest BCUT2D eigenvalue weighted by molar-refractivity contribution is 6.01. The number of aromatic nitrogens is 3. The molecule has 1 amide bonds. The van der Waals surface area contributed by atoms with Crippen LogP contribution in [0, 0.1) is 11.3 Å². The lowest BCUT2D eigenvalue weighted by atomic mass is 9.78. The number of carbonyl (C=O) groups is 1. The van der Waals surface area contributed by atoms with E-state index in [-0.39, 0.29) is 11.9 Å². The lowest BCUT2D eigenvalue weighted by Gasteiger charge is -2.56. The van der Waals surface area contributed by atoms with Gasteiger partial charge in [-0.2, -0.15) is 5.10 Å². The molecule has 1 atom stereocenters. The molecule has 0 radical (unpaired) electrons. The molecule has 0 unspecified atom stereocenters. The zero-order valence-electron chi connectivity index (χ0n) is 20.8. The second kappa shape index (κ2) is 8.99. The molecule has 2 aromatic carbocycles.